The van der Waals surface area contributed by atoms with Crippen LogP contribution in [0.1, 0.15) is 37.0 Å². The number of nitrogens with one attached hydrogen (secondary N) is 2. The van der Waals surface area contributed by atoms with Crippen molar-refractivity contribution >= 4 is 24.6 Å². The first-order chi connectivity index (χ1) is 15.8. The highest BCUT2D eigenvalue weighted by Gasteiger charge is 2.33. The Balaban J connectivity index is 1.48. The molecule has 1 unspecified atom stereocenters. The van der Waals surface area contributed by atoms with Gasteiger partial charge >= 0.3 is 7.12 Å². The van der Waals surface area contributed by atoms with Gasteiger partial charge in [-0.25, -0.2) is 0 Å². The summed E-state index contributed by atoms with van der Waals surface area (Å²) in [6, 6.07) is 16.1. The molecule has 0 bridgehead atoms. The summed E-state index contributed by atoms with van der Waals surface area (Å²) in [7, 11) is -1.67. The molecule has 33 heavy (non-hydrogen) atoms. The summed E-state index contributed by atoms with van der Waals surface area (Å²) < 4.78 is 5.76. The van der Waals surface area contributed by atoms with Crippen molar-refractivity contribution in [2.45, 2.75) is 38.7 Å². The largest absolute Gasteiger partial charge is 0.475 e. The average Bonchev–Trinajstić information content (AvgIpc) is 3.27. The number of amides is 2. The third kappa shape index (κ3) is 7.33. The Labute approximate surface area is 192 Å². The lowest BCUT2D eigenvalue weighted by Crippen LogP contribution is -2.50. The number of rotatable bonds is 10. The number of nitrogens with zero attached hydrogens (tertiary/aromatic N) is 1. The molecule has 0 spiro atoms. The molecule has 1 aliphatic heterocycles. The van der Waals surface area contributed by atoms with E-state index in [-0.39, 0.29) is 24.8 Å². The second-order valence-corrected chi connectivity index (χ2v) is 8.24. The number of benzene rings is 2. The minimum absolute atomic E-state index is 0.116. The second-order valence-electron chi connectivity index (χ2n) is 8.24. The average molecular weight is 453 g/mol. The Bertz CT molecular complexity index is 983. The normalized spacial score (nSPS) is 15.9. The van der Waals surface area contributed by atoms with E-state index in [1.54, 1.807) is 24.3 Å². The molecule has 2 aromatic rings. The number of ether oxygens (including phenoxy) is 1. The van der Waals surface area contributed by atoms with Crippen molar-refractivity contribution in [3.8, 4) is 11.5 Å². The van der Waals surface area contributed by atoms with Gasteiger partial charge in [0.2, 0.25) is 6.10 Å². The maximum Gasteiger partial charge on any atom is 0.475 e. The third-order valence-electron chi connectivity index (χ3n) is 4.96. The van der Waals surface area contributed by atoms with Gasteiger partial charge in [0.1, 0.15) is 11.5 Å². The number of carbonyl (C=O) groups excluding carboxylic acids is 2. The summed E-state index contributed by atoms with van der Waals surface area (Å²) in [6.07, 6.45) is -0.278. The predicted molar refractivity (Wildman–Crippen MR) is 124 cm³/mol. The minimum atomic E-state index is -1.67. The number of oxime groups is 1. The molecule has 4 N–H and O–H groups in total. The fraction of sp³-hybridized carbons (Fsp3) is 0.348. The van der Waals surface area contributed by atoms with Crippen molar-refractivity contribution in [2.75, 3.05) is 6.54 Å². The van der Waals surface area contributed by atoms with Crippen LogP contribution in [0.4, 0.5) is 0 Å². The van der Waals surface area contributed by atoms with Crippen LogP contribution in [0, 0.1) is 5.92 Å². The Morgan fingerprint density at radius 3 is 2.58 bits per heavy atom. The summed E-state index contributed by atoms with van der Waals surface area (Å²) in [5.74, 6) is -0.222. The highest BCUT2D eigenvalue weighted by Crippen LogP contribution is 2.22. The van der Waals surface area contributed by atoms with Gasteiger partial charge in [0, 0.05) is 12.0 Å². The summed E-state index contributed by atoms with van der Waals surface area (Å²) in [6.45, 7) is 3.95. The first-order valence-electron chi connectivity index (χ1n) is 10.8. The maximum absolute atomic E-state index is 12.5. The third-order valence-corrected chi connectivity index (χ3v) is 4.96. The van der Waals surface area contributed by atoms with Crippen LogP contribution in [0.5, 0.6) is 11.5 Å². The molecule has 2 aromatic carbocycles. The summed E-state index contributed by atoms with van der Waals surface area (Å²) in [5.41, 5.74) is 0.927. The maximum atomic E-state index is 12.5. The van der Waals surface area contributed by atoms with Gasteiger partial charge in [0.25, 0.3) is 11.8 Å². The molecular formula is C23H28BN3O6. The predicted octanol–water partition coefficient (Wildman–Crippen LogP) is 1.90. The molecule has 3 rings (SSSR count). The molecule has 0 saturated heterocycles. The van der Waals surface area contributed by atoms with Crippen molar-refractivity contribution in [1.29, 1.82) is 0 Å². The van der Waals surface area contributed by atoms with Gasteiger partial charge in [-0.3, -0.25) is 9.59 Å². The number of hydrogen-bond donors (Lipinski definition) is 4. The fourth-order valence-corrected chi connectivity index (χ4v) is 3.32. The van der Waals surface area contributed by atoms with Crippen LogP contribution in [0.2, 0.25) is 0 Å². The quantitative estimate of drug-likeness (QED) is 0.407. The van der Waals surface area contributed by atoms with E-state index in [4.69, 9.17) is 9.57 Å². The van der Waals surface area contributed by atoms with Crippen LogP contribution in [0.3, 0.4) is 0 Å². The molecule has 0 radical (unpaired) electrons. The van der Waals surface area contributed by atoms with Crippen molar-refractivity contribution in [2.24, 2.45) is 11.1 Å². The molecule has 2 atom stereocenters. The Morgan fingerprint density at radius 2 is 1.88 bits per heavy atom. The molecule has 2 amide bonds. The van der Waals surface area contributed by atoms with Crippen LogP contribution < -0.4 is 15.4 Å². The highest BCUT2D eigenvalue weighted by atomic mass is 16.6. The van der Waals surface area contributed by atoms with Gasteiger partial charge in [-0.1, -0.05) is 43.3 Å². The van der Waals surface area contributed by atoms with Crippen LogP contribution in [-0.4, -0.2) is 53.3 Å². The molecule has 0 aromatic heterocycles. The Kier molecular flexibility index (Phi) is 8.45. The van der Waals surface area contributed by atoms with Gasteiger partial charge in [-0.05, 0) is 42.7 Å². The lowest BCUT2D eigenvalue weighted by molar-refractivity contribution is -0.131. The van der Waals surface area contributed by atoms with E-state index in [1.165, 1.54) is 0 Å². The lowest BCUT2D eigenvalue weighted by Gasteiger charge is -2.20. The first-order valence-corrected chi connectivity index (χ1v) is 10.8. The van der Waals surface area contributed by atoms with E-state index in [9.17, 15) is 19.6 Å². The van der Waals surface area contributed by atoms with Crippen molar-refractivity contribution < 1.29 is 29.2 Å². The molecule has 9 nitrogen and oxygen atoms in total. The zero-order chi connectivity index (χ0) is 23.8. The monoisotopic (exact) mass is 453 g/mol. The standard InChI is InChI=1S/C23H28BN3O6/c1-15(2)11-21(24(30)31)26-23(29)20-13-17(27-33-20)14-25-22(28)16-7-6-10-19(12-16)32-18-8-4-3-5-9-18/h3-10,12,15,20-21,30-31H,11,13-14H2,1-2H3,(H,25,28)(H,26,29)/t20?,21-/m0/s1. The number of para-hydroxylation sites is 1. The smallest absolute Gasteiger partial charge is 0.457 e. The van der Waals surface area contributed by atoms with Gasteiger partial charge in [-0.2, -0.15) is 0 Å². The minimum Gasteiger partial charge on any atom is -0.457 e. The van der Waals surface area contributed by atoms with Crippen LogP contribution in [0.25, 0.3) is 0 Å². The Hall–Kier alpha value is -3.37. The molecule has 10 heteroatoms. The second kappa shape index (κ2) is 11.5. The van der Waals surface area contributed by atoms with E-state index in [1.807, 2.05) is 44.2 Å². The van der Waals surface area contributed by atoms with Crippen LogP contribution >= 0.6 is 0 Å². The van der Waals surface area contributed by atoms with E-state index in [0.29, 0.717) is 29.2 Å². The summed E-state index contributed by atoms with van der Waals surface area (Å²) >= 11 is 0. The van der Waals surface area contributed by atoms with E-state index < -0.39 is 25.1 Å². The molecule has 174 valence electrons. The fourth-order valence-electron chi connectivity index (χ4n) is 3.32. The number of hydrogen-bond acceptors (Lipinski definition) is 7. The SMILES string of the molecule is CC(C)C[C@H](NC(=O)C1CC(CNC(=O)c2cccc(Oc3ccccc3)c2)=NO1)B(O)O. The summed E-state index contributed by atoms with van der Waals surface area (Å²) in [4.78, 5) is 30.1. The van der Waals surface area contributed by atoms with Crippen molar-refractivity contribution in [3.05, 3.63) is 60.2 Å². The molecular weight excluding hydrogens is 425 g/mol. The van der Waals surface area contributed by atoms with Gasteiger partial charge in [0.05, 0.1) is 18.2 Å². The van der Waals surface area contributed by atoms with E-state index in [2.05, 4.69) is 15.8 Å². The van der Waals surface area contributed by atoms with E-state index >= 15 is 0 Å². The van der Waals surface area contributed by atoms with Crippen molar-refractivity contribution in [1.82, 2.24) is 10.6 Å². The van der Waals surface area contributed by atoms with Gasteiger partial charge in [0.15, 0.2) is 0 Å². The van der Waals surface area contributed by atoms with Crippen molar-refractivity contribution in [3.63, 3.8) is 0 Å². The molecule has 0 aliphatic carbocycles. The first kappa shape index (κ1) is 24.3. The van der Waals surface area contributed by atoms with Gasteiger partial charge in [-0.15, -0.1) is 0 Å². The zero-order valence-corrected chi connectivity index (χ0v) is 18.6. The molecule has 1 aliphatic rings. The highest BCUT2D eigenvalue weighted by molar-refractivity contribution is 6.43. The van der Waals surface area contributed by atoms with Crippen LogP contribution in [0.15, 0.2) is 59.8 Å². The lowest BCUT2D eigenvalue weighted by atomic mass is 9.75. The zero-order valence-electron chi connectivity index (χ0n) is 18.6. The molecule has 0 saturated carbocycles. The summed E-state index contributed by atoms with van der Waals surface area (Å²) in [5, 5.41) is 28.2. The molecule has 0 fully saturated rings. The Morgan fingerprint density at radius 1 is 1.15 bits per heavy atom. The molecule has 1 heterocycles. The van der Waals surface area contributed by atoms with Gasteiger partial charge < -0.3 is 30.3 Å². The number of carbonyl (C=O) groups is 2. The topological polar surface area (TPSA) is 129 Å². The van der Waals surface area contributed by atoms with E-state index in [0.717, 1.165) is 0 Å². The van der Waals surface area contributed by atoms with Crippen LogP contribution in [-0.2, 0) is 9.63 Å².